The van der Waals surface area contributed by atoms with E-state index in [0.29, 0.717) is 11.7 Å². The van der Waals surface area contributed by atoms with E-state index in [1.807, 2.05) is 36.4 Å². The molecule has 0 saturated carbocycles. The van der Waals surface area contributed by atoms with Crippen molar-refractivity contribution in [3.05, 3.63) is 65.2 Å². The van der Waals surface area contributed by atoms with Gasteiger partial charge in [-0.25, -0.2) is 9.98 Å². The molecule has 3 rings (SSSR count). The monoisotopic (exact) mass is 249 g/mol. The average molecular weight is 249 g/mol. The number of amidine groups is 2. The SMILES string of the molecule is CCc1ccc(N=C2N=C(N)c3ccccc32)cc1. The zero-order valence-corrected chi connectivity index (χ0v) is 10.8. The van der Waals surface area contributed by atoms with E-state index in [2.05, 4.69) is 29.0 Å². The predicted octanol–water partition coefficient (Wildman–Crippen LogP) is 3.05. The molecule has 2 aromatic carbocycles. The van der Waals surface area contributed by atoms with Gasteiger partial charge >= 0.3 is 0 Å². The molecule has 19 heavy (non-hydrogen) atoms. The Bertz CT molecular complexity index is 667. The second-order valence-electron chi connectivity index (χ2n) is 4.50. The van der Waals surface area contributed by atoms with Gasteiger partial charge in [0.2, 0.25) is 0 Å². The fraction of sp³-hybridized carbons (Fsp3) is 0.125. The third-order valence-corrected chi connectivity index (χ3v) is 3.25. The summed E-state index contributed by atoms with van der Waals surface area (Å²) in [6, 6.07) is 16.1. The molecule has 0 aliphatic carbocycles. The number of rotatable bonds is 2. The van der Waals surface area contributed by atoms with Crippen LogP contribution in [-0.4, -0.2) is 11.7 Å². The Morgan fingerprint density at radius 1 is 1.00 bits per heavy atom. The van der Waals surface area contributed by atoms with Crippen molar-refractivity contribution in [3.8, 4) is 0 Å². The van der Waals surface area contributed by atoms with Gasteiger partial charge in [0.05, 0.1) is 5.69 Å². The van der Waals surface area contributed by atoms with Crippen LogP contribution in [0.2, 0.25) is 0 Å². The van der Waals surface area contributed by atoms with Gasteiger partial charge < -0.3 is 5.73 Å². The molecule has 0 bridgehead atoms. The normalized spacial score (nSPS) is 15.4. The van der Waals surface area contributed by atoms with Crippen LogP contribution in [0.1, 0.15) is 23.6 Å². The lowest BCUT2D eigenvalue weighted by atomic mass is 10.1. The molecule has 3 heteroatoms. The van der Waals surface area contributed by atoms with E-state index in [-0.39, 0.29) is 0 Å². The molecule has 0 aromatic heterocycles. The molecule has 0 amide bonds. The minimum absolute atomic E-state index is 0.541. The molecule has 3 nitrogen and oxygen atoms in total. The molecule has 0 radical (unpaired) electrons. The van der Waals surface area contributed by atoms with Gasteiger partial charge in [-0.05, 0) is 24.1 Å². The molecule has 0 saturated heterocycles. The molecule has 2 aromatic rings. The van der Waals surface area contributed by atoms with Crippen LogP contribution in [0, 0.1) is 0 Å². The van der Waals surface area contributed by atoms with E-state index in [1.54, 1.807) is 0 Å². The van der Waals surface area contributed by atoms with E-state index in [4.69, 9.17) is 5.73 Å². The van der Waals surface area contributed by atoms with Gasteiger partial charge in [0.1, 0.15) is 5.84 Å². The number of nitrogens with two attached hydrogens (primary N) is 1. The van der Waals surface area contributed by atoms with Gasteiger partial charge in [-0.1, -0.05) is 43.3 Å². The highest BCUT2D eigenvalue weighted by Crippen LogP contribution is 2.21. The summed E-state index contributed by atoms with van der Waals surface area (Å²) < 4.78 is 0. The minimum atomic E-state index is 0.541. The lowest BCUT2D eigenvalue weighted by Crippen LogP contribution is -2.09. The third-order valence-electron chi connectivity index (χ3n) is 3.25. The molecule has 1 aliphatic heterocycles. The van der Waals surface area contributed by atoms with Crippen LogP contribution in [0.5, 0.6) is 0 Å². The van der Waals surface area contributed by atoms with Crippen molar-refractivity contribution < 1.29 is 0 Å². The second-order valence-corrected chi connectivity index (χ2v) is 4.50. The van der Waals surface area contributed by atoms with Crippen LogP contribution >= 0.6 is 0 Å². The minimum Gasteiger partial charge on any atom is -0.383 e. The molecule has 0 unspecified atom stereocenters. The number of benzene rings is 2. The fourth-order valence-corrected chi connectivity index (χ4v) is 2.15. The molecule has 1 aliphatic rings. The number of nitrogens with zero attached hydrogens (tertiary/aromatic N) is 2. The van der Waals surface area contributed by atoms with Crippen LogP contribution < -0.4 is 5.73 Å². The summed E-state index contributed by atoms with van der Waals surface area (Å²) in [6.45, 7) is 2.14. The summed E-state index contributed by atoms with van der Waals surface area (Å²) in [5, 5.41) is 0. The van der Waals surface area contributed by atoms with E-state index in [1.165, 1.54) is 5.56 Å². The highest BCUT2D eigenvalue weighted by atomic mass is 15.0. The van der Waals surface area contributed by atoms with Gasteiger partial charge in [-0.15, -0.1) is 0 Å². The molecule has 2 N–H and O–H groups in total. The summed E-state index contributed by atoms with van der Waals surface area (Å²) in [5.41, 5.74) is 10.1. The Morgan fingerprint density at radius 3 is 2.37 bits per heavy atom. The Kier molecular flexibility index (Phi) is 2.88. The Morgan fingerprint density at radius 2 is 1.68 bits per heavy atom. The van der Waals surface area contributed by atoms with Crippen molar-refractivity contribution in [2.24, 2.45) is 15.7 Å². The molecular formula is C16H15N3. The van der Waals surface area contributed by atoms with E-state index in [9.17, 15) is 0 Å². The molecule has 0 spiro atoms. The quantitative estimate of drug-likeness (QED) is 0.873. The van der Waals surface area contributed by atoms with Crippen molar-refractivity contribution in [2.75, 3.05) is 0 Å². The lowest BCUT2D eigenvalue weighted by Gasteiger charge is -2.00. The van der Waals surface area contributed by atoms with Gasteiger partial charge in [-0.3, -0.25) is 0 Å². The largest absolute Gasteiger partial charge is 0.383 e. The summed E-state index contributed by atoms with van der Waals surface area (Å²) in [4.78, 5) is 8.91. The standard InChI is InChI=1S/C16H15N3/c1-2-11-7-9-12(10-8-11)18-16-14-6-4-3-5-13(14)15(17)19-16/h3-10H,2H2,1H3,(H2,17,18,19). The zero-order chi connectivity index (χ0) is 13.2. The van der Waals surface area contributed by atoms with Gasteiger partial charge in [0, 0.05) is 11.1 Å². The van der Waals surface area contributed by atoms with Crippen LogP contribution in [0.15, 0.2) is 58.5 Å². The summed E-state index contributed by atoms with van der Waals surface area (Å²) in [6.07, 6.45) is 1.03. The molecule has 0 fully saturated rings. The Labute approximate surface area is 112 Å². The first-order chi connectivity index (χ1) is 9.28. The highest BCUT2D eigenvalue weighted by Gasteiger charge is 2.18. The van der Waals surface area contributed by atoms with E-state index >= 15 is 0 Å². The number of hydrogen-bond donors (Lipinski definition) is 1. The molecule has 1 heterocycles. The van der Waals surface area contributed by atoms with Crippen LogP contribution in [-0.2, 0) is 6.42 Å². The van der Waals surface area contributed by atoms with Gasteiger partial charge in [-0.2, -0.15) is 0 Å². The summed E-state index contributed by atoms with van der Waals surface area (Å²) in [5.74, 6) is 1.23. The average Bonchev–Trinajstić information content (AvgIpc) is 2.77. The molecule has 0 atom stereocenters. The van der Waals surface area contributed by atoms with Crippen LogP contribution in [0.4, 0.5) is 5.69 Å². The topological polar surface area (TPSA) is 50.7 Å². The number of aryl methyl sites for hydroxylation is 1. The maximum atomic E-state index is 5.91. The number of hydrogen-bond acceptors (Lipinski definition) is 2. The smallest absolute Gasteiger partial charge is 0.162 e. The van der Waals surface area contributed by atoms with Crippen LogP contribution in [0.25, 0.3) is 0 Å². The van der Waals surface area contributed by atoms with Crippen molar-refractivity contribution >= 4 is 17.4 Å². The lowest BCUT2D eigenvalue weighted by molar-refractivity contribution is 1.14. The first kappa shape index (κ1) is 11.7. The maximum Gasteiger partial charge on any atom is 0.162 e. The Balaban J connectivity index is 2.01. The first-order valence-corrected chi connectivity index (χ1v) is 6.39. The maximum absolute atomic E-state index is 5.91. The van der Waals surface area contributed by atoms with Crippen molar-refractivity contribution in [1.82, 2.24) is 0 Å². The van der Waals surface area contributed by atoms with Crippen molar-refractivity contribution in [3.63, 3.8) is 0 Å². The zero-order valence-electron chi connectivity index (χ0n) is 10.8. The van der Waals surface area contributed by atoms with E-state index < -0.39 is 0 Å². The number of aliphatic imine (C=N–C) groups is 2. The Hall–Kier alpha value is -2.42. The molecular weight excluding hydrogens is 234 g/mol. The van der Waals surface area contributed by atoms with Crippen molar-refractivity contribution in [1.29, 1.82) is 0 Å². The summed E-state index contributed by atoms with van der Waals surface area (Å²) in [7, 11) is 0. The highest BCUT2D eigenvalue weighted by molar-refractivity contribution is 6.22. The fourth-order valence-electron chi connectivity index (χ4n) is 2.15. The van der Waals surface area contributed by atoms with E-state index in [0.717, 1.165) is 23.2 Å². The van der Waals surface area contributed by atoms with Crippen LogP contribution in [0.3, 0.4) is 0 Å². The van der Waals surface area contributed by atoms with Crippen molar-refractivity contribution in [2.45, 2.75) is 13.3 Å². The number of fused-ring (bicyclic) bond motifs is 1. The third kappa shape index (κ3) is 2.15. The first-order valence-electron chi connectivity index (χ1n) is 6.39. The second kappa shape index (κ2) is 4.69. The van der Waals surface area contributed by atoms with Gasteiger partial charge in [0.15, 0.2) is 5.84 Å². The predicted molar refractivity (Wildman–Crippen MR) is 79.2 cm³/mol. The summed E-state index contributed by atoms with van der Waals surface area (Å²) >= 11 is 0. The van der Waals surface area contributed by atoms with Gasteiger partial charge in [0.25, 0.3) is 0 Å². The molecule has 94 valence electrons.